The molecule has 1 fully saturated rings. The van der Waals surface area contributed by atoms with Gasteiger partial charge in [0.25, 0.3) is 0 Å². The van der Waals surface area contributed by atoms with Crippen molar-refractivity contribution >= 4 is 17.7 Å². The minimum absolute atomic E-state index is 0.106. The maximum absolute atomic E-state index is 11.8. The standard InChI is InChI=1S/C12H19NO2S/c14-11(10-4-2-1-3-5-10)13-8-12(15)6-7-16-9-12/h1-2,10,15H,3-9H2,(H,13,14). The highest BCUT2D eigenvalue weighted by molar-refractivity contribution is 7.99. The van der Waals surface area contributed by atoms with Crippen molar-refractivity contribution in [3.8, 4) is 0 Å². The Morgan fingerprint density at radius 3 is 3.06 bits per heavy atom. The van der Waals surface area contributed by atoms with E-state index in [1.165, 1.54) is 0 Å². The summed E-state index contributed by atoms with van der Waals surface area (Å²) in [7, 11) is 0. The van der Waals surface area contributed by atoms with Crippen molar-refractivity contribution in [2.24, 2.45) is 5.92 Å². The number of hydrogen-bond donors (Lipinski definition) is 2. The number of rotatable bonds is 3. The smallest absolute Gasteiger partial charge is 0.223 e. The summed E-state index contributed by atoms with van der Waals surface area (Å²) in [4.78, 5) is 11.8. The van der Waals surface area contributed by atoms with Crippen molar-refractivity contribution in [2.75, 3.05) is 18.1 Å². The van der Waals surface area contributed by atoms with E-state index in [2.05, 4.69) is 17.5 Å². The largest absolute Gasteiger partial charge is 0.387 e. The second-order valence-corrected chi connectivity index (χ2v) is 5.83. The van der Waals surface area contributed by atoms with E-state index in [1.807, 2.05) is 0 Å². The summed E-state index contributed by atoms with van der Waals surface area (Å²) in [6.07, 6.45) is 7.79. The molecule has 1 aliphatic carbocycles. The fraction of sp³-hybridized carbons (Fsp3) is 0.750. The molecule has 90 valence electrons. The Morgan fingerprint density at radius 2 is 2.44 bits per heavy atom. The summed E-state index contributed by atoms with van der Waals surface area (Å²) in [5.74, 6) is 1.97. The molecule has 0 aromatic carbocycles. The van der Waals surface area contributed by atoms with Crippen molar-refractivity contribution in [1.82, 2.24) is 5.32 Å². The summed E-state index contributed by atoms with van der Waals surface area (Å²) < 4.78 is 0. The van der Waals surface area contributed by atoms with Crippen LogP contribution in [0.5, 0.6) is 0 Å². The van der Waals surface area contributed by atoms with Crippen LogP contribution in [0.1, 0.15) is 25.7 Å². The summed E-state index contributed by atoms with van der Waals surface area (Å²) in [6.45, 7) is 0.416. The van der Waals surface area contributed by atoms with Gasteiger partial charge >= 0.3 is 0 Å². The number of aliphatic hydroxyl groups is 1. The number of thioether (sulfide) groups is 1. The summed E-state index contributed by atoms with van der Waals surface area (Å²) in [5, 5.41) is 13.0. The number of carbonyl (C=O) groups excluding carboxylic acids is 1. The quantitative estimate of drug-likeness (QED) is 0.733. The van der Waals surface area contributed by atoms with Crippen LogP contribution in [-0.4, -0.2) is 34.7 Å². The van der Waals surface area contributed by atoms with Crippen molar-refractivity contribution in [2.45, 2.75) is 31.3 Å². The van der Waals surface area contributed by atoms with Crippen LogP contribution in [0.25, 0.3) is 0 Å². The number of nitrogens with one attached hydrogen (secondary N) is 1. The fourth-order valence-corrected chi connectivity index (χ4v) is 3.46. The molecule has 2 aliphatic rings. The van der Waals surface area contributed by atoms with Crippen LogP contribution in [0, 0.1) is 5.92 Å². The number of hydrogen-bond acceptors (Lipinski definition) is 3. The Kier molecular flexibility index (Phi) is 3.92. The first-order chi connectivity index (χ1) is 7.70. The predicted octanol–water partition coefficient (Wildman–Crippen LogP) is 1.33. The SMILES string of the molecule is O=C(NCC1(O)CCSC1)C1CC=CCC1. The van der Waals surface area contributed by atoms with Crippen LogP contribution in [0.2, 0.25) is 0 Å². The van der Waals surface area contributed by atoms with Gasteiger partial charge in [-0.05, 0) is 31.4 Å². The summed E-state index contributed by atoms with van der Waals surface area (Å²) in [6, 6.07) is 0. The van der Waals surface area contributed by atoms with E-state index in [0.717, 1.165) is 37.2 Å². The van der Waals surface area contributed by atoms with Crippen molar-refractivity contribution in [3.05, 3.63) is 12.2 Å². The maximum Gasteiger partial charge on any atom is 0.223 e. The molecule has 1 aliphatic heterocycles. The highest BCUT2D eigenvalue weighted by Gasteiger charge is 2.32. The third-order valence-electron chi connectivity index (χ3n) is 3.31. The normalized spacial score (nSPS) is 33.9. The molecule has 1 heterocycles. The molecule has 0 saturated carbocycles. The van der Waals surface area contributed by atoms with Gasteiger partial charge in [-0.1, -0.05) is 12.2 Å². The van der Waals surface area contributed by atoms with Crippen molar-refractivity contribution in [3.63, 3.8) is 0 Å². The lowest BCUT2D eigenvalue weighted by atomic mass is 9.93. The minimum Gasteiger partial charge on any atom is -0.387 e. The molecule has 0 bridgehead atoms. The van der Waals surface area contributed by atoms with Gasteiger partial charge in [0.05, 0.1) is 5.60 Å². The molecule has 4 heteroatoms. The van der Waals surface area contributed by atoms with Gasteiger partial charge in [-0.15, -0.1) is 0 Å². The molecule has 0 spiro atoms. The molecular formula is C12H19NO2S. The lowest BCUT2D eigenvalue weighted by Gasteiger charge is -2.24. The van der Waals surface area contributed by atoms with Gasteiger partial charge in [0.2, 0.25) is 5.91 Å². The molecule has 2 atom stereocenters. The number of carbonyl (C=O) groups is 1. The predicted molar refractivity (Wildman–Crippen MR) is 66.4 cm³/mol. The topological polar surface area (TPSA) is 49.3 Å². The summed E-state index contributed by atoms with van der Waals surface area (Å²) >= 11 is 1.76. The molecule has 0 aromatic rings. The van der Waals surface area contributed by atoms with Gasteiger partial charge in [0.15, 0.2) is 0 Å². The van der Waals surface area contributed by atoms with E-state index in [9.17, 15) is 9.90 Å². The Balaban J connectivity index is 1.76. The highest BCUT2D eigenvalue weighted by Crippen LogP contribution is 2.27. The summed E-state index contributed by atoms with van der Waals surface area (Å²) in [5.41, 5.74) is -0.662. The highest BCUT2D eigenvalue weighted by atomic mass is 32.2. The molecule has 3 nitrogen and oxygen atoms in total. The number of amides is 1. The molecule has 0 aromatic heterocycles. The van der Waals surface area contributed by atoms with Crippen LogP contribution in [0.4, 0.5) is 0 Å². The molecule has 2 rings (SSSR count). The van der Waals surface area contributed by atoms with Crippen LogP contribution < -0.4 is 5.32 Å². The van der Waals surface area contributed by atoms with Gasteiger partial charge in [-0.2, -0.15) is 11.8 Å². The molecule has 0 radical (unpaired) electrons. The van der Waals surface area contributed by atoms with E-state index in [4.69, 9.17) is 0 Å². The Bertz CT molecular complexity index is 285. The zero-order chi connectivity index (χ0) is 11.4. The van der Waals surface area contributed by atoms with Gasteiger partial charge in [0, 0.05) is 18.2 Å². The first-order valence-electron chi connectivity index (χ1n) is 5.92. The first-order valence-corrected chi connectivity index (χ1v) is 7.08. The number of allylic oxidation sites excluding steroid dienone is 2. The second-order valence-electron chi connectivity index (χ2n) is 4.73. The molecule has 2 unspecified atom stereocenters. The van der Waals surface area contributed by atoms with Gasteiger partial charge in [-0.3, -0.25) is 4.79 Å². The lowest BCUT2D eigenvalue weighted by molar-refractivity contribution is -0.126. The van der Waals surface area contributed by atoms with Gasteiger partial charge in [-0.25, -0.2) is 0 Å². The average Bonchev–Trinajstić information content (AvgIpc) is 2.75. The van der Waals surface area contributed by atoms with Crippen LogP contribution in [0.3, 0.4) is 0 Å². The van der Waals surface area contributed by atoms with E-state index < -0.39 is 5.60 Å². The van der Waals surface area contributed by atoms with Crippen LogP contribution in [0.15, 0.2) is 12.2 Å². The zero-order valence-corrected chi connectivity index (χ0v) is 10.3. The van der Waals surface area contributed by atoms with Gasteiger partial charge < -0.3 is 10.4 Å². The van der Waals surface area contributed by atoms with E-state index in [-0.39, 0.29) is 11.8 Å². The third kappa shape index (κ3) is 3.01. The van der Waals surface area contributed by atoms with Crippen LogP contribution in [-0.2, 0) is 4.79 Å². The third-order valence-corrected chi connectivity index (χ3v) is 4.55. The van der Waals surface area contributed by atoms with E-state index in [0.29, 0.717) is 6.54 Å². The molecule has 1 saturated heterocycles. The fourth-order valence-electron chi connectivity index (χ4n) is 2.16. The Labute approximate surface area is 101 Å². The molecular weight excluding hydrogens is 222 g/mol. The van der Waals surface area contributed by atoms with Crippen molar-refractivity contribution in [1.29, 1.82) is 0 Å². The van der Waals surface area contributed by atoms with E-state index in [1.54, 1.807) is 11.8 Å². The maximum atomic E-state index is 11.8. The Hall–Kier alpha value is -0.480. The monoisotopic (exact) mass is 241 g/mol. The molecule has 16 heavy (non-hydrogen) atoms. The van der Waals surface area contributed by atoms with E-state index >= 15 is 0 Å². The second kappa shape index (κ2) is 5.23. The lowest BCUT2D eigenvalue weighted by Crippen LogP contribution is -2.44. The molecule has 1 amide bonds. The Morgan fingerprint density at radius 1 is 1.56 bits per heavy atom. The average molecular weight is 241 g/mol. The van der Waals surface area contributed by atoms with Gasteiger partial charge in [0.1, 0.15) is 0 Å². The minimum atomic E-state index is -0.662. The van der Waals surface area contributed by atoms with Crippen LogP contribution >= 0.6 is 11.8 Å². The first kappa shape index (κ1) is 12.0. The zero-order valence-electron chi connectivity index (χ0n) is 9.45. The molecule has 2 N–H and O–H groups in total. The van der Waals surface area contributed by atoms with Crippen molar-refractivity contribution < 1.29 is 9.90 Å².